The third kappa shape index (κ3) is 5.55. The van der Waals surface area contributed by atoms with Crippen molar-refractivity contribution in [2.45, 2.75) is 20.1 Å². The SMILES string of the molecule is Cc1ncccc1COC(=O)NCc1ccc(C(=O)Nc2ccccc2N)cc1. The van der Waals surface area contributed by atoms with Crippen molar-refractivity contribution in [2.75, 3.05) is 11.1 Å². The van der Waals surface area contributed by atoms with Crippen LogP contribution in [0.15, 0.2) is 66.9 Å². The number of carbonyl (C=O) groups is 2. The maximum absolute atomic E-state index is 12.3. The van der Waals surface area contributed by atoms with Crippen LogP contribution in [-0.2, 0) is 17.9 Å². The molecule has 3 rings (SSSR count). The van der Waals surface area contributed by atoms with Crippen LogP contribution in [0.4, 0.5) is 16.2 Å². The van der Waals surface area contributed by atoms with E-state index in [-0.39, 0.29) is 12.5 Å². The Morgan fingerprint density at radius 3 is 2.52 bits per heavy atom. The Morgan fingerprint density at radius 2 is 1.79 bits per heavy atom. The lowest BCUT2D eigenvalue weighted by Crippen LogP contribution is -2.23. The number of nitrogens with one attached hydrogen (secondary N) is 2. The first-order valence-corrected chi connectivity index (χ1v) is 9.09. The van der Waals surface area contributed by atoms with Crippen molar-refractivity contribution < 1.29 is 14.3 Å². The highest BCUT2D eigenvalue weighted by Gasteiger charge is 2.09. The molecule has 4 N–H and O–H groups in total. The highest BCUT2D eigenvalue weighted by molar-refractivity contribution is 6.05. The largest absolute Gasteiger partial charge is 0.445 e. The number of carbonyl (C=O) groups excluding carboxylic acids is 2. The summed E-state index contributed by atoms with van der Waals surface area (Å²) >= 11 is 0. The second-order valence-electron chi connectivity index (χ2n) is 6.42. The van der Waals surface area contributed by atoms with E-state index in [4.69, 9.17) is 10.5 Å². The number of hydrogen-bond donors (Lipinski definition) is 3. The van der Waals surface area contributed by atoms with E-state index < -0.39 is 6.09 Å². The molecule has 3 aromatic rings. The van der Waals surface area contributed by atoms with Crippen molar-refractivity contribution in [3.05, 3.63) is 89.2 Å². The molecule has 2 aromatic carbocycles. The molecule has 1 heterocycles. The van der Waals surface area contributed by atoms with Gasteiger partial charge in [0.1, 0.15) is 6.61 Å². The topological polar surface area (TPSA) is 106 Å². The van der Waals surface area contributed by atoms with Gasteiger partial charge in [-0.15, -0.1) is 0 Å². The van der Waals surface area contributed by atoms with Crippen molar-refractivity contribution in [2.24, 2.45) is 0 Å². The van der Waals surface area contributed by atoms with Crippen molar-refractivity contribution in [3.63, 3.8) is 0 Å². The maximum atomic E-state index is 12.3. The molecule has 0 bridgehead atoms. The molecule has 0 radical (unpaired) electrons. The van der Waals surface area contributed by atoms with Crippen molar-refractivity contribution >= 4 is 23.4 Å². The third-order valence-corrected chi connectivity index (χ3v) is 4.34. The van der Waals surface area contributed by atoms with Gasteiger partial charge >= 0.3 is 6.09 Å². The van der Waals surface area contributed by atoms with Gasteiger partial charge in [-0.25, -0.2) is 4.79 Å². The van der Waals surface area contributed by atoms with Gasteiger partial charge in [-0.1, -0.05) is 30.3 Å². The number of aromatic nitrogens is 1. The maximum Gasteiger partial charge on any atom is 0.407 e. The summed E-state index contributed by atoms with van der Waals surface area (Å²) in [7, 11) is 0. The number of rotatable bonds is 6. The number of amides is 2. The summed E-state index contributed by atoms with van der Waals surface area (Å²) < 4.78 is 5.20. The summed E-state index contributed by atoms with van der Waals surface area (Å²) in [5.74, 6) is -0.256. The molecule has 29 heavy (non-hydrogen) atoms. The van der Waals surface area contributed by atoms with Crippen molar-refractivity contribution in [3.8, 4) is 0 Å². The Labute approximate surface area is 168 Å². The van der Waals surface area contributed by atoms with Gasteiger partial charge in [0, 0.05) is 29.6 Å². The van der Waals surface area contributed by atoms with E-state index in [1.165, 1.54) is 0 Å². The van der Waals surface area contributed by atoms with Crippen LogP contribution >= 0.6 is 0 Å². The van der Waals surface area contributed by atoms with Gasteiger partial charge in [-0.2, -0.15) is 0 Å². The van der Waals surface area contributed by atoms with E-state index in [0.29, 0.717) is 23.5 Å². The molecule has 7 heteroatoms. The first-order chi connectivity index (χ1) is 14.0. The van der Waals surface area contributed by atoms with E-state index in [9.17, 15) is 9.59 Å². The molecule has 148 valence electrons. The molecule has 0 fully saturated rings. The van der Waals surface area contributed by atoms with E-state index in [1.807, 2.05) is 13.0 Å². The number of nitrogens with two attached hydrogens (primary N) is 1. The molecule has 0 aliphatic rings. The van der Waals surface area contributed by atoms with Crippen LogP contribution in [0.25, 0.3) is 0 Å². The number of aryl methyl sites for hydroxylation is 1. The summed E-state index contributed by atoms with van der Waals surface area (Å²) in [5, 5.41) is 5.46. The number of hydrogen-bond acceptors (Lipinski definition) is 5. The molecular weight excluding hydrogens is 368 g/mol. The number of para-hydroxylation sites is 2. The van der Waals surface area contributed by atoms with Crippen LogP contribution in [0.2, 0.25) is 0 Å². The minimum absolute atomic E-state index is 0.160. The molecular formula is C22H22N4O3. The summed E-state index contributed by atoms with van der Waals surface area (Å²) in [6.45, 7) is 2.31. The second kappa shape index (κ2) is 9.36. The first kappa shape index (κ1) is 19.9. The van der Waals surface area contributed by atoms with E-state index in [0.717, 1.165) is 16.8 Å². The Morgan fingerprint density at radius 1 is 1.03 bits per heavy atom. The standard InChI is InChI=1S/C22H22N4O3/c1-15-18(5-4-12-24-15)14-29-22(28)25-13-16-8-10-17(11-9-16)21(27)26-20-7-3-2-6-19(20)23/h2-12H,13-14,23H2,1H3,(H,25,28)(H,26,27). The Kier molecular flexibility index (Phi) is 6.42. The Balaban J connectivity index is 1.49. The predicted octanol–water partition coefficient (Wildman–Crippen LogP) is 3.65. The lowest BCUT2D eigenvalue weighted by atomic mass is 10.1. The fourth-order valence-electron chi connectivity index (χ4n) is 2.62. The van der Waals surface area contributed by atoms with Crippen LogP contribution in [0.3, 0.4) is 0 Å². The normalized spacial score (nSPS) is 10.2. The number of anilines is 2. The molecule has 0 aliphatic heterocycles. The average molecular weight is 390 g/mol. The lowest BCUT2D eigenvalue weighted by Gasteiger charge is -2.10. The quantitative estimate of drug-likeness (QED) is 0.557. The van der Waals surface area contributed by atoms with Gasteiger partial charge in [0.25, 0.3) is 5.91 Å². The zero-order valence-electron chi connectivity index (χ0n) is 16.0. The van der Waals surface area contributed by atoms with E-state index >= 15 is 0 Å². The van der Waals surface area contributed by atoms with Gasteiger partial charge in [0.15, 0.2) is 0 Å². The van der Waals surface area contributed by atoms with Crippen LogP contribution in [-0.4, -0.2) is 17.0 Å². The minimum atomic E-state index is -0.519. The Bertz CT molecular complexity index is 1000. The molecule has 0 atom stereocenters. The Hall–Kier alpha value is -3.87. The lowest BCUT2D eigenvalue weighted by molar-refractivity contribution is 0.102. The van der Waals surface area contributed by atoms with Crippen LogP contribution < -0.4 is 16.4 Å². The summed E-state index contributed by atoms with van der Waals surface area (Å²) in [5.41, 5.74) is 9.92. The number of alkyl carbamates (subject to hydrolysis) is 1. The number of benzene rings is 2. The van der Waals surface area contributed by atoms with Gasteiger partial charge in [-0.3, -0.25) is 9.78 Å². The zero-order chi connectivity index (χ0) is 20.6. The van der Waals surface area contributed by atoms with Gasteiger partial charge in [0.05, 0.1) is 11.4 Å². The van der Waals surface area contributed by atoms with Crippen LogP contribution in [0.5, 0.6) is 0 Å². The fraction of sp³-hybridized carbons (Fsp3) is 0.136. The van der Waals surface area contributed by atoms with Crippen molar-refractivity contribution in [1.29, 1.82) is 0 Å². The second-order valence-corrected chi connectivity index (χ2v) is 6.42. The number of nitrogens with zero attached hydrogens (tertiary/aromatic N) is 1. The molecule has 0 saturated heterocycles. The summed E-state index contributed by atoms with van der Waals surface area (Å²) in [6, 6.07) is 17.7. The first-order valence-electron chi connectivity index (χ1n) is 9.09. The molecule has 0 saturated carbocycles. The molecule has 7 nitrogen and oxygen atoms in total. The molecule has 0 unspecified atom stereocenters. The predicted molar refractivity (Wildman–Crippen MR) is 111 cm³/mol. The summed E-state index contributed by atoms with van der Waals surface area (Å²) in [4.78, 5) is 28.4. The van der Waals surface area contributed by atoms with Crippen LogP contribution in [0.1, 0.15) is 27.2 Å². The average Bonchev–Trinajstić information content (AvgIpc) is 2.73. The highest BCUT2D eigenvalue weighted by atomic mass is 16.5. The zero-order valence-corrected chi connectivity index (χ0v) is 16.0. The number of pyridine rings is 1. The third-order valence-electron chi connectivity index (χ3n) is 4.34. The molecule has 0 spiro atoms. The molecule has 1 aromatic heterocycles. The van der Waals surface area contributed by atoms with Crippen LogP contribution in [0, 0.1) is 6.92 Å². The van der Waals surface area contributed by atoms with Gasteiger partial charge in [0.2, 0.25) is 0 Å². The van der Waals surface area contributed by atoms with Gasteiger partial charge in [-0.05, 0) is 42.8 Å². The highest BCUT2D eigenvalue weighted by Crippen LogP contribution is 2.18. The fourth-order valence-corrected chi connectivity index (χ4v) is 2.62. The smallest absolute Gasteiger partial charge is 0.407 e. The minimum Gasteiger partial charge on any atom is -0.445 e. The number of nitrogen functional groups attached to an aromatic ring is 1. The van der Waals surface area contributed by atoms with Crippen molar-refractivity contribution in [1.82, 2.24) is 10.3 Å². The monoisotopic (exact) mass is 390 g/mol. The summed E-state index contributed by atoms with van der Waals surface area (Å²) in [6.07, 6.45) is 1.17. The number of ether oxygens (including phenoxy) is 1. The molecule has 2 amide bonds. The van der Waals surface area contributed by atoms with Gasteiger partial charge < -0.3 is 21.1 Å². The molecule has 0 aliphatic carbocycles. The van der Waals surface area contributed by atoms with E-state index in [2.05, 4.69) is 15.6 Å². The van der Waals surface area contributed by atoms with E-state index in [1.54, 1.807) is 60.8 Å².